The number of rotatable bonds is 4. The third kappa shape index (κ3) is 3.36. The number of ether oxygens (including phenoxy) is 1. The van der Waals surface area contributed by atoms with Gasteiger partial charge in [0.25, 0.3) is 5.92 Å². The van der Waals surface area contributed by atoms with Crippen molar-refractivity contribution in [1.29, 1.82) is 0 Å². The van der Waals surface area contributed by atoms with Gasteiger partial charge in [0.2, 0.25) is 0 Å². The lowest BCUT2D eigenvalue weighted by atomic mass is 10.1. The molecule has 88 valence electrons. The third-order valence-electron chi connectivity index (χ3n) is 3.09. The zero-order valence-electron chi connectivity index (χ0n) is 8.85. The van der Waals surface area contributed by atoms with E-state index in [-0.39, 0.29) is 12.8 Å². The molecule has 0 unspecified atom stereocenters. The molecule has 0 saturated carbocycles. The lowest BCUT2D eigenvalue weighted by Crippen LogP contribution is -2.49. The summed E-state index contributed by atoms with van der Waals surface area (Å²) in [5.41, 5.74) is 0. The van der Waals surface area contributed by atoms with E-state index in [1.54, 1.807) is 0 Å². The van der Waals surface area contributed by atoms with E-state index < -0.39 is 5.92 Å². The second-order valence-electron chi connectivity index (χ2n) is 4.35. The van der Waals surface area contributed by atoms with Crippen LogP contribution in [0.5, 0.6) is 0 Å². The Balaban J connectivity index is 1.56. The van der Waals surface area contributed by atoms with Gasteiger partial charge >= 0.3 is 0 Å². The van der Waals surface area contributed by atoms with E-state index in [0.29, 0.717) is 25.8 Å². The minimum atomic E-state index is -2.44. The summed E-state index contributed by atoms with van der Waals surface area (Å²) in [7, 11) is 0. The second kappa shape index (κ2) is 4.72. The Morgan fingerprint density at radius 1 is 1.27 bits per heavy atom. The Morgan fingerprint density at radius 2 is 1.93 bits per heavy atom. The molecule has 5 heteroatoms. The van der Waals surface area contributed by atoms with E-state index in [1.165, 1.54) is 0 Å². The van der Waals surface area contributed by atoms with Gasteiger partial charge in [-0.3, -0.25) is 0 Å². The topological polar surface area (TPSA) is 24.5 Å². The molecule has 2 heterocycles. The zero-order valence-corrected chi connectivity index (χ0v) is 8.85. The van der Waals surface area contributed by atoms with Gasteiger partial charge in [0.15, 0.2) is 0 Å². The first-order valence-electron chi connectivity index (χ1n) is 5.58. The van der Waals surface area contributed by atoms with E-state index in [0.717, 1.165) is 19.6 Å². The van der Waals surface area contributed by atoms with Crippen LogP contribution in [0.2, 0.25) is 0 Å². The van der Waals surface area contributed by atoms with Gasteiger partial charge in [-0.2, -0.15) is 0 Å². The second-order valence-corrected chi connectivity index (χ2v) is 4.35. The van der Waals surface area contributed by atoms with E-state index in [9.17, 15) is 8.78 Å². The largest absolute Gasteiger partial charge is 0.374 e. The van der Waals surface area contributed by atoms with E-state index in [1.807, 2.05) is 0 Å². The van der Waals surface area contributed by atoms with Crippen LogP contribution in [0.3, 0.4) is 0 Å². The Hall–Kier alpha value is -0.260. The third-order valence-corrected chi connectivity index (χ3v) is 3.09. The van der Waals surface area contributed by atoms with E-state index in [2.05, 4.69) is 10.2 Å². The normalized spacial score (nSPS) is 27.6. The average molecular weight is 220 g/mol. The van der Waals surface area contributed by atoms with Crippen molar-refractivity contribution in [2.75, 3.05) is 39.3 Å². The molecule has 0 spiro atoms. The zero-order chi connectivity index (χ0) is 10.7. The number of hydrogen-bond donors (Lipinski definition) is 1. The molecule has 2 aliphatic heterocycles. The molecule has 2 fully saturated rings. The summed E-state index contributed by atoms with van der Waals surface area (Å²) in [6.07, 6.45) is 0.340. The van der Waals surface area contributed by atoms with Crippen LogP contribution in [-0.4, -0.2) is 56.3 Å². The van der Waals surface area contributed by atoms with Gasteiger partial charge in [-0.25, -0.2) is 8.78 Å². The molecular weight excluding hydrogens is 202 g/mol. The molecule has 0 aromatic heterocycles. The SMILES string of the molecule is FC1(F)CCN(CCOC2CNC2)CC1. The molecule has 0 amide bonds. The number of hydrogen-bond acceptors (Lipinski definition) is 3. The molecule has 0 atom stereocenters. The molecule has 2 aliphatic rings. The van der Waals surface area contributed by atoms with Crippen LogP contribution in [0, 0.1) is 0 Å². The van der Waals surface area contributed by atoms with Crippen molar-refractivity contribution in [3.63, 3.8) is 0 Å². The van der Waals surface area contributed by atoms with Crippen LogP contribution in [0.4, 0.5) is 8.78 Å². The van der Waals surface area contributed by atoms with Crippen molar-refractivity contribution in [1.82, 2.24) is 10.2 Å². The number of piperidine rings is 1. The van der Waals surface area contributed by atoms with Gasteiger partial charge in [0.1, 0.15) is 0 Å². The summed E-state index contributed by atoms with van der Waals surface area (Å²) in [6.45, 7) is 4.30. The Bertz CT molecular complexity index is 200. The molecule has 2 saturated heterocycles. The molecule has 0 aromatic carbocycles. The average Bonchev–Trinajstić information content (AvgIpc) is 2.12. The molecule has 0 aliphatic carbocycles. The fraction of sp³-hybridized carbons (Fsp3) is 1.00. The van der Waals surface area contributed by atoms with Crippen LogP contribution < -0.4 is 5.32 Å². The Labute approximate surface area is 88.8 Å². The minimum absolute atomic E-state index is 0.00200. The van der Waals surface area contributed by atoms with Crippen LogP contribution in [0.15, 0.2) is 0 Å². The van der Waals surface area contributed by atoms with Gasteiger partial charge in [-0.1, -0.05) is 0 Å². The minimum Gasteiger partial charge on any atom is -0.374 e. The van der Waals surface area contributed by atoms with E-state index in [4.69, 9.17) is 4.74 Å². The van der Waals surface area contributed by atoms with Gasteiger partial charge in [0.05, 0.1) is 12.7 Å². The maximum atomic E-state index is 12.8. The van der Waals surface area contributed by atoms with Crippen molar-refractivity contribution in [2.24, 2.45) is 0 Å². The van der Waals surface area contributed by atoms with Crippen LogP contribution in [0.25, 0.3) is 0 Å². The molecule has 1 N–H and O–H groups in total. The van der Waals surface area contributed by atoms with Gasteiger partial charge in [-0.15, -0.1) is 0 Å². The van der Waals surface area contributed by atoms with Crippen LogP contribution >= 0.6 is 0 Å². The predicted octanol–water partition coefficient (Wildman–Crippen LogP) is 0.706. The van der Waals surface area contributed by atoms with Gasteiger partial charge in [0, 0.05) is 45.6 Å². The van der Waals surface area contributed by atoms with Crippen LogP contribution in [0.1, 0.15) is 12.8 Å². The summed E-state index contributed by atoms with van der Waals surface area (Å²) in [6, 6.07) is 0. The lowest BCUT2D eigenvalue weighted by molar-refractivity contribution is -0.0631. The van der Waals surface area contributed by atoms with Gasteiger partial charge in [-0.05, 0) is 0 Å². The number of halogens is 2. The van der Waals surface area contributed by atoms with Crippen molar-refractivity contribution in [3.8, 4) is 0 Å². The number of nitrogens with zero attached hydrogens (tertiary/aromatic N) is 1. The summed E-state index contributed by atoms with van der Waals surface area (Å²) in [5, 5.41) is 3.12. The Kier molecular flexibility index (Phi) is 3.53. The summed E-state index contributed by atoms with van der Waals surface area (Å²) < 4.78 is 31.2. The summed E-state index contributed by atoms with van der Waals surface area (Å²) in [4.78, 5) is 2.06. The first-order valence-corrected chi connectivity index (χ1v) is 5.58. The monoisotopic (exact) mass is 220 g/mol. The lowest BCUT2D eigenvalue weighted by Gasteiger charge is -2.33. The highest BCUT2D eigenvalue weighted by Gasteiger charge is 2.33. The molecule has 2 rings (SSSR count). The standard InChI is InChI=1S/C10H18F2N2O/c11-10(12)1-3-14(4-2-10)5-6-15-9-7-13-8-9/h9,13H,1-8H2. The maximum Gasteiger partial charge on any atom is 0.250 e. The van der Waals surface area contributed by atoms with Crippen molar-refractivity contribution in [3.05, 3.63) is 0 Å². The first-order chi connectivity index (χ1) is 7.16. The summed E-state index contributed by atoms with van der Waals surface area (Å²) in [5.74, 6) is -2.44. The molecular formula is C10H18F2N2O. The van der Waals surface area contributed by atoms with Crippen molar-refractivity contribution < 1.29 is 13.5 Å². The quantitative estimate of drug-likeness (QED) is 0.755. The maximum absolute atomic E-state index is 12.8. The summed E-state index contributed by atoms with van der Waals surface area (Å²) >= 11 is 0. The fourth-order valence-corrected chi connectivity index (χ4v) is 1.83. The smallest absolute Gasteiger partial charge is 0.250 e. The molecule has 3 nitrogen and oxygen atoms in total. The predicted molar refractivity (Wildman–Crippen MR) is 53.2 cm³/mol. The molecule has 15 heavy (non-hydrogen) atoms. The van der Waals surface area contributed by atoms with E-state index >= 15 is 0 Å². The number of alkyl halides is 2. The van der Waals surface area contributed by atoms with Crippen molar-refractivity contribution >= 4 is 0 Å². The highest BCUT2D eigenvalue weighted by molar-refractivity contribution is 4.78. The highest BCUT2D eigenvalue weighted by Crippen LogP contribution is 2.27. The fourth-order valence-electron chi connectivity index (χ4n) is 1.83. The van der Waals surface area contributed by atoms with Crippen molar-refractivity contribution in [2.45, 2.75) is 24.9 Å². The van der Waals surface area contributed by atoms with Crippen LogP contribution in [-0.2, 0) is 4.74 Å². The van der Waals surface area contributed by atoms with Gasteiger partial charge < -0.3 is 15.0 Å². The molecule has 0 aromatic rings. The molecule has 0 bridgehead atoms. The Morgan fingerprint density at radius 3 is 2.47 bits per heavy atom. The first kappa shape index (κ1) is 11.2. The molecule has 0 radical (unpaired) electrons. The highest BCUT2D eigenvalue weighted by atomic mass is 19.3. The number of likely N-dealkylation sites (tertiary alicyclic amines) is 1. The number of nitrogens with one attached hydrogen (secondary N) is 1.